The number of methoxy groups -OCH3 is 1. The molecule has 1 atom stereocenters. The Labute approximate surface area is 198 Å². The van der Waals surface area contributed by atoms with Gasteiger partial charge >= 0.3 is 0 Å². The standard InChI is InChI=1S/C24H31N5O5/c1-16-15-34-12-9-29(16)23-19-4-5-20(17-3-6-21(33-2)18(13-17)14-32)25-22(19)26-24(27-23)28(7-10-30)8-11-31/h3-6,13,16,30-32H,7-12,14-15H2,1-2H3/t16-/m0/s1. The number of hydrogen-bond acceptors (Lipinski definition) is 10. The van der Waals surface area contributed by atoms with E-state index < -0.39 is 0 Å². The molecule has 1 aliphatic rings. The average Bonchev–Trinajstić information content (AvgIpc) is 2.87. The molecule has 34 heavy (non-hydrogen) atoms. The molecule has 0 aliphatic carbocycles. The van der Waals surface area contributed by atoms with Crippen molar-refractivity contribution in [2.75, 3.05) is 63.0 Å². The fraction of sp³-hybridized carbons (Fsp3) is 0.458. The van der Waals surface area contributed by atoms with Crippen molar-refractivity contribution in [3.8, 4) is 17.0 Å². The van der Waals surface area contributed by atoms with Crippen molar-refractivity contribution in [2.45, 2.75) is 19.6 Å². The first-order valence-electron chi connectivity index (χ1n) is 11.4. The first-order valence-corrected chi connectivity index (χ1v) is 11.4. The van der Waals surface area contributed by atoms with Crippen LogP contribution in [0.5, 0.6) is 5.75 Å². The molecule has 0 bridgehead atoms. The van der Waals surface area contributed by atoms with Gasteiger partial charge in [-0.25, -0.2) is 4.98 Å². The summed E-state index contributed by atoms with van der Waals surface area (Å²) in [5.74, 6) is 1.77. The van der Waals surface area contributed by atoms with Crippen LogP contribution in [0.1, 0.15) is 12.5 Å². The maximum Gasteiger partial charge on any atom is 0.229 e. The van der Waals surface area contributed by atoms with Gasteiger partial charge in [0.15, 0.2) is 5.65 Å². The van der Waals surface area contributed by atoms with Crippen LogP contribution in [-0.4, -0.2) is 89.5 Å². The monoisotopic (exact) mass is 469 g/mol. The summed E-state index contributed by atoms with van der Waals surface area (Å²) in [6, 6.07) is 9.56. The largest absolute Gasteiger partial charge is 0.496 e. The molecule has 0 amide bonds. The third-order valence-corrected chi connectivity index (χ3v) is 5.94. The first kappa shape index (κ1) is 24.1. The lowest BCUT2D eigenvalue weighted by Gasteiger charge is -2.35. The van der Waals surface area contributed by atoms with E-state index in [2.05, 4.69) is 11.8 Å². The predicted octanol–water partition coefficient (Wildman–Crippen LogP) is 1.21. The number of anilines is 2. The van der Waals surface area contributed by atoms with Crippen molar-refractivity contribution in [3.05, 3.63) is 35.9 Å². The third kappa shape index (κ3) is 4.90. The number of benzene rings is 1. The summed E-state index contributed by atoms with van der Waals surface area (Å²) in [4.78, 5) is 18.3. The molecule has 3 heterocycles. The number of pyridine rings is 1. The summed E-state index contributed by atoms with van der Waals surface area (Å²) < 4.78 is 10.9. The molecule has 1 fully saturated rings. The summed E-state index contributed by atoms with van der Waals surface area (Å²) in [5.41, 5.74) is 2.71. The van der Waals surface area contributed by atoms with Crippen molar-refractivity contribution in [1.82, 2.24) is 15.0 Å². The minimum Gasteiger partial charge on any atom is -0.496 e. The average molecular weight is 470 g/mol. The fourth-order valence-corrected chi connectivity index (χ4v) is 4.16. The lowest BCUT2D eigenvalue weighted by molar-refractivity contribution is 0.0987. The van der Waals surface area contributed by atoms with E-state index in [1.165, 1.54) is 0 Å². The number of rotatable bonds is 9. The van der Waals surface area contributed by atoms with Crippen LogP contribution in [0.3, 0.4) is 0 Å². The Morgan fingerprint density at radius 2 is 1.88 bits per heavy atom. The summed E-state index contributed by atoms with van der Waals surface area (Å²) in [5, 5.41) is 29.6. The van der Waals surface area contributed by atoms with E-state index in [0.29, 0.717) is 61.5 Å². The highest BCUT2D eigenvalue weighted by Gasteiger charge is 2.25. The number of aromatic nitrogens is 3. The van der Waals surface area contributed by atoms with Crippen LogP contribution in [0.15, 0.2) is 30.3 Å². The molecule has 0 radical (unpaired) electrons. The molecule has 1 aromatic carbocycles. The van der Waals surface area contributed by atoms with Crippen LogP contribution in [0.25, 0.3) is 22.3 Å². The zero-order valence-corrected chi connectivity index (χ0v) is 19.5. The maximum absolute atomic E-state index is 9.71. The molecule has 3 N–H and O–H groups in total. The van der Waals surface area contributed by atoms with Gasteiger partial charge in [-0.2, -0.15) is 9.97 Å². The second-order valence-corrected chi connectivity index (χ2v) is 8.15. The Kier molecular flexibility index (Phi) is 7.73. The van der Waals surface area contributed by atoms with Crippen molar-refractivity contribution in [2.24, 2.45) is 0 Å². The number of ether oxygens (including phenoxy) is 2. The molecule has 10 nitrogen and oxygen atoms in total. The second kappa shape index (κ2) is 10.9. The van der Waals surface area contributed by atoms with Gasteiger partial charge in [0.25, 0.3) is 0 Å². The topological polar surface area (TPSA) is 124 Å². The van der Waals surface area contributed by atoms with Gasteiger partial charge in [0.1, 0.15) is 11.6 Å². The summed E-state index contributed by atoms with van der Waals surface area (Å²) in [6.07, 6.45) is 0. The van der Waals surface area contributed by atoms with Crippen LogP contribution >= 0.6 is 0 Å². The van der Waals surface area contributed by atoms with Gasteiger partial charge in [-0.3, -0.25) is 0 Å². The molecule has 10 heteroatoms. The van der Waals surface area contributed by atoms with E-state index in [0.717, 1.165) is 16.8 Å². The Bertz CT molecular complexity index is 1120. The minimum atomic E-state index is -0.146. The Balaban J connectivity index is 1.85. The molecule has 4 rings (SSSR count). The highest BCUT2D eigenvalue weighted by molar-refractivity contribution is 5.90. The predicted molar refractivity (Wildman–Crippen MR) is 129 cm³/mol. The van der Waals surface area contributed by atoms with Gasteiger partial charge in [0.2, 0.25) is 5.95 Å². The highest BCUT2D eigenvalue weighted by atomic mass is 16.5. The molecule has 1 aliphatic heterocycles. The minimum absolute atomic E-state index is 0.0893. The van der Waals surface area contributed by atoms with Crippen molar-refractivity contribution in [1.29, 1.82) is 0 Å². The molecular weight excluding hydrogens is 438 g/mol. The molecule has 0 unspecified atom stereocenters. The molecule has 1 saturated heterocycles. The smallest absolute Gasteiger partial charge is 0.229 e. The highest BCUT2D eigenvalue weighted by Crippen LogP contribution is 2.31. The number of fused-ring (bicyclic) bond motifs is 1. The van der Waals surface area contributed by atoms with Crippen LogP contribution < -0.4 is 14.5 Å². The maximum atomic E-state index is 9.71. The van der Waals surface area contributed by atoms with E-state index in [-0.39, 0.29) is 25.9 Å². The number of aliphatic hydroxyl groups is 3. The lowest BCUT2D eigenvalue weighted by atomic mass is 10.1. The van der Waals surface area contributed by atoms with E-state index in [1.54, 1.807) is 12.0 Å². The summed E-state index contributed by atoms with van der Waals surface area (Å²) in [7, 11) is 1.57. The normalized spacial score (nSPS) is 16.1. The fourth-order valence-electron chi connectivity index (χ4n) is 4.16. The van der Waals surface area contributed by atoms with Gasteiger partial charge in [-0.05, 0) is 37.3 Å². The van der Waals surface area contributed by atoms with E-state index >= 15 is 0 Å². The Morgan fingerprint density at radius 1 is 1.09 bits per heavy atom. The van der Waals surface area contributed by atoms with Gasteiger partial charge in [-0.15, -0.1) is 0 Å². The quantitative estimate of drug-likeness (QED) is 0.421. The molecule has 2 aromatic heterocycles. The SMILES string of the molecule is COc1ccc(-c2ccc3c(N4CCOC[C@@H]4C)nc(N(CCO)CCO)nc3n2)cc1CO. The van der Waals surface area contributed by atoms with E-state index in [9.17, 15) is 15.3 Å². The number of hydrogen-bond donors (Lipinski definition) is 3. The number of morpholine rings is 1. The van der Waals surface area contributed by atoms with Crippen molar-refractivity contribution < 1.29 is 24.8 Å². The van der Waals surface area contributed by atoms with Gasteiger partial charge in [-0.1, -0.05) is 0 Å². The summed E-state index contributed by atoms with van der Waals surface area (Å²) >= 11 is 0. The van der Waals surface area contributed by atoms with Crippen LogP contribution in [0.2, 0.25) is 0 Å². The Morgan fingerprint density at radius 3 is 2.56 bits per heavy atom. The first-order chi connectivity index (χ1) is 16.6. The van der Waals surface area contributed by atoms with Crippen molar-refractivity contribution in [3.63, 3.8) is 0 Å². The Hall–Kier alpha value is -3.05. The third-order valence-electron chi connectivity index (χ3n) is 5.94. The second-order valence-electron chi connectivity index (χ2n) is 8.15. The van der Waals surface area contributed by atoms with E-state index in [1.807, 2.05) is 30.3 Å². The molecule has 0 spiro atoms. The van der Waals surface area contributed by atoms with Crippen LogP contribution in [0, 0.1) is 0 Å². The van der Waals surface area contributed by atoms with Crippen LogP contribution in [-0.2, 0) is 11.3 Å². The van der Waals surface area contributed by atoms with Gasteiger partial charge < -0.3 is 34.6 Å². The molecule has 182 valence electrons. The van der Waals surface area contributed by atoms with Gasteiger partial charge in [0, 0.05) is 30.8 Å². The molecular formula is C24H31N5O5. The molecule has 0 saturated carbocycles. The lowest BCUT2D eigenvalue weighted by Crippen LogP contribution is -2.44. The molecule has 3 aromatic rings. The number of nitrogens with zero attached hydrogens (tertiary/aromatic N) is 5. The zero-order chi connectivity index (χ0) is 24.1. The van der Waals surface area contributed by atoms with Crippen molar-refractivity contribution >= 4 is 22.8 Å². The zero-order valence-electron chi connectivity index (χ0n) is 19.5. The van der Waals surface area contributed by atoms with Crippen LogP contribution in [0.4, 0.5) is 11.8 Å². The number of aliphatic hydroxyl groups excluding tert-OH is 3. The van der Waals surface area contributed by atoms with E-state index in [4.69, 9.17) is 24.4 Å². The van der Waals surface area contributed by atoms with Gasteiger partial charge in [0.05, 0.1) is 57.3 Å². The summed E-state index contributed by atoms with van der Waals surface area (Å²) in [6.45, 7) is 4.23.